The highest BCUT2D eigenvalue weighted by molar-refractivity contribution is 5.77. The molecule has 0 bridgehead atoms. The van der Waals surface area contributed by atoms with Gasteiger partial charge in [0.15, 0.2) is 0 Å². The van der Waals surface area contributed by atoms with Gasteiger partial charge in [0.05, 0.1) is 12.2 Å². The lowest BCUT2D eigenvalue weighted by molar-refractivity contribution is -0.138. The molecule has 1 aliphatic heterocycles. The smallest absolute Gasteiger partial charge is 0.392 e. The number of carbonyl (C=O) groups is 1. The van der Waals surface area contributed by atoms with E-state index < -0.39 is 18.3 Å². The number of halogens is 3. The summed E-state index contributed by atoms with van der Waals surface area (Å²) in [6, 6.07) is 3.84. The highest BCUT2D eigenvalue weighted by atomic mass is 19.4. The van der Waals surface area contributed by atoms with Gasteiger partial charge in [-0.1, -0.05) is 6.07 Å². The molecule has 0 saturated carbocycles. The average molecular weight is 288 g/mol. The Hall–Kier alpha value is -1.76. The topological polar surface area (TPSA) is 52.6 Å². The summed E-state index contributed by atoms with van der Waals surface area (Å²) in [5.74, 6) is -0.101. The molecule has 0 atom stereocenters. The van der Waals surface area contributed by atoms with Crippen LogP contribution in [0.2, 0.25) is 0 Å². The van der Waals surface area contributed by atoms with Crippen molar-refractivity contribution in [3.05, 3.63) is 29.3 Å². The predicted octanol–water partition coefficient (Wildman–Crippen LogP) is 1.52. The van der Waals surface area contributed by atoms with Crippen LogP contribution < -0.4 is 10.2 Å². The molecule has 1 aromatic rings. The lowest BCUT2D eigenvalue weighted by Gasteiger charge is -2.23. The summed E-state index contributed by atoms with van der Waals surface area (Å²) >= 11 is 0. The van der Waals surface area contributed by atoms with Crippen LogP contribution >= 0.6 is 0 Å². The number of hydrogen-bond donors (Lipinski definition) is 2. The minimum atomic E-state index is -4.51. The Morgan fingerprint density at radius 3 is 2.70 bits per heavy atom. The van der Waals surface area contributed by atoms with Crippen molar-refractivity contribution in [3.63, 3.8) is 0 Å². The van der Waals surface area contributed by atoms with Crippen molar-refractivity contribution in [2.45, 2.75) is 19.2 Å². The quantitative estimate of drug-likeness (QED) is 0.867. The van der Waals surface area contributed by atoms with Crippen LogP contribution in [0.3, 0.4) is 0 Å². The number of benzene rings is 1. The first-order valence-electron chi connectivity index (χ1n) is 6.24. The zero-order valence-electron chi connectivity index (χ0n) is 10.7. The zero-order valence-corrected chi connectivity index (χ0v) is 10.7. The average Bonchev–Trinajstić information content (AvgIpc) is 2.62. The zero-order chi connectivity index (χ0) is 14.8. The molecule has 7 heteroatoms. The van der Waals surface area contributed by atoms with E-state index in [1.165, 1.54) is 12.1 Å². The molecule has 1 heterocycles. The van der Waals surface area contributed by atoms with E-state index >= 15 is 0 Å². The number of nitrogens with one attached hydrogen (secondary N) is 1. The SMILES string of the molecule is O=C1CCN(c2ccc(CO)c(C(F)(F)F)c2)CCN1. The number of hydrogen-bond acceptors (Lipinski definition) is 3. The number of amides is 1. The summed E-state index contributed by atoms with van der Waals surface area (Å²) in [5.41, 5.74) is -0.572. The maximum atomic E-state index is 12.9. The second-order valence-corrected chi connectivity index (χ2v) is 4.58. The highest BCUT2D eigenvalue weighted by Gasteiger charge is 2.33. The molecule has 1 fully saturated rings. The van der Waals surface area contributed by atoms with Crippen LogP contribution in [-0.2, 0) is 17.6 Å². The number of anilines is 1. The van der Waals surface area contributed by atoms with Gasteiger partial charge in [0.25, 0.3) is 0 Å². The van der Waals surface area contributed by atoms with Crippen LogP contribution in [0.1, 0.15) is 17.5 Å². The molecule has 0 aromatic heterocycles. The van der Waals surface area contributed by atoms with Crippen LogP contribution in [-0.4, -0.2) is 30.6 Å². The molecule has 1 aromatic carbocycles. The molecule has 1 amide bonds. The molecular formula is C13H15F3N2O2. The Bertz CT molecular complexity index is 503. The van der Waals surface area contributed by atoms with Crippen LogP contribution in [0.4, 0.5) is 18.9 Å². The van der Waals surface area contributed by atoms with Crippen molar-refractivity contribution < 1.29 is 23.1 Å². The number of alkyl halides is 3. The number of aliphatic hydroxyl groups excluding tert-OH is 1. The maximum Gasteiger partial charge on any atom is 0.416 e. The number of nitrogens with zero attached hydrogens (tertiary/aromatic N) is 1. The molecule has 20 heavy (non-hydrogen) atoms. The van der Waals surface area contributed by atoms with Gasteiger partial charge in [-0.25, -0.2) is 0 Å². The minimum Gasteiger partial charge on any atom is -0.392 e. The first-order chi connectivity index (χ1) is 9.41. The lowest BCUT2D eigenvalue weighted by Crippen LogP contribution is -2.28. The molecule has 2 N–H and O–H groups in total. The van der Waals surface area contributed by atoms with Crippen LogP contribution in [0.15, 0.2) is 18.2 Å². The molecular weight excluding hydrogens is 273 g/mol. The van der Waals surface area contributed by atoms with Crippen molar-refractivity contribution in [2.24, 2.45) is 0 Å². The standard InChI is InChI=1S/C13H15F3N2O2/c14-13(15,16)11-7-10(2-1-9(11)8-19)18-5-3-12(20)17-4-6-18/h1-2,7,19H,3-6,8H2,(H,17,20). The minimum absolute atomic E-state index is 0.101. The van der Waals surface area contributed by atoms with Gasteiger partial charge in [0, 0.05) is 31.7 Å². The van der Waals surface area contributed by atoms with Crippen molar-refractivity contribution in [1.82, 2.24) is 5.32 Å². The first-order valence-corrected chi connectivity index (χ1v) is 6.24. The summed E-state index contributed by atoms with van der Waals surface area (Å²) in [4.78, 5) is 13.0. The third kappa shape index (κ3) is 3.22. The Morgan fingerprint density at radius 1 is 1.30 bits per heavy atom. The summed E-state index contributed by atoms with van der Waals surface area (Å²) < 4.78 is 38.8. The summed E-state index contributed by atoms with van der Waals surface area (Å²) in [5, 5.41) is 11.7. The van der Waals surface area contributed by atoms with Crippen molar-refractivity contribution in [2.75, 3.05) is 24.5 Å². The van der Waals surface area contributed by atoms with E-state index in [9.17, 15) is 18.0 Å². The van der Waals surface area contributed by atoms with E-state index in [0.29, 0.717) is 25.3 Å². The van der Waals surface area contributed by atoms with E-state index in [4.69, 9.17) is 5.11 Å². The van der Waals surface area contributed by atoms with E-state index in [0.717, 1.165) is 6.07 Å². The Kier molecular flexibility index (Phi) is 4.17. The predicted molar refractivity (Wildman–Crippen MR) is 67.2 cm³/mol. The second kappa shape index (κ2) is 5.70. The van der Waals surface area contributed by atoms with Gasteiger partial charge in [-0.3, -0.25) is 4.79 Å². The molecule has 2 rings (SSSR count). The fraction of sp³-hybridized carbons (Fsp3) is 0.462. The van der Waals surface area contributed by atoms with E-state index in [1.54, 1.807) is 4.90 Å². The van der Waals surface area contributed by atoms with Crippen LogP contribution in [0, 0.1) is 0 Å². The maximum absolute atomic E-state index is 12.9. The van der Waals surface area contributed by atoms with Crippen molar-refractivity contribution in [1.29, 1.82) is 0 Å². The third-order valence-electron chi connectivity index (χ3n) is 3.25. The molecule has 4 nitrogen and oxygen atoms in total. The normalized spacial score (nSPS) is 16.8. The Morgan fingerprint density at radius 2 is 2.05 bits per heavy atom. The highest BCUT2D eigenvalue weighted by Crippen LogP contribution is 2.34. The van der Waals surface area contributed by atoms with Gasteiger partial charge in [-0.15, -0.1) is 0 Å². The Labute approximate surface area is 114 Å². The van der Waals surface area contributed by atoms with E-state index in [2.05, 4.69) is 5.32 Å². The first kappa shape index (κ1) is 14.6. The molecule has 0 aliphatic carbocycles. The largest absolute Gasteiger partial charge is 0.416 e. The van der Waals surface area contributed by atoms with Gasteiger partial charge in [-0.2, -0.15) is 13.2 Å². The van der Waals surface area contributed by atoms with Gasteiger partial charge in [0.2, 0.25) is 5.91 Å². The summed E-state index contributed by atoms with van der Waals surface area (Å²) in [7, 11) is 0. The van der Waals surface area contributed by atoms with E-state index in [1.807, 2.05) is 0 Å². The van der Waals surface area contributed by atoms with Gasteiger partial charge >= 0.3 is 6.18 Å². The molecule has 0 unspecified atom stereocenters. The van der Waals surface area contributed by atoms with Crippen molar-refractivity contribution >= 4 is 11.6 Å². The summed E-state index contributed by atoms with van der Waals surface area (Å²) in [6.45, 7) is 0.584. The van der Waals surface area contributed by atoms with Crippen LogP contribution in [0.5, 0.6) is 0 Å². The molecule has 110 valence electrons. The fourth-order valence-corrected chi connectivity index (χ4v) is 2.19. The lowest BCUT2D eigenvalue weighted by atomic mass is 10.1. The van der Waals surface area contributed by atoms with Gasteiger partial charge in [-0.05, 0) is 17.7 Å². The molecule has 1 aliphatic rings. The van der Waals surface area contributed by atoms with Crippen molar-refractivity contribution in [3.8, 4) is 0 Å². The van der Waals surface area contributed by atoms with Gasteiger partial charge < -0.3 is 15.3 Å². The van der Waals surface area contributed by atoms with Crippen LogP contribution in [0.25, 0.3) is 0 Å². The third-order valence-corrected chi connectivity index (χ3v) is 3.25. The second-order valence-electron chi connectivity index (χ2n) is 4.58. The summed E-state index contributed by atoms with van der Waals surface area (Å²) in [6.07, 6.45) is -4.25. The number of carbonyl (C=O) groups excluding carboxylic acids is 1. The number of rotatable bonds is 2. The van der Waals surface area contributed by atoms with E-state index in [-0.39, 0.29) is 17.9 Å². The molecule has 0 radical (unpaired) electrons. The van der Waals surface area contributed by atoms with Gasteiger partial charge in [0.1, 0.15) is 0 Å². The Balaban J connectivity index is 2.30. The fourth-order valence-electron chi connectivity index (χ4n) is 2.19. The molecule has 1 saturated heterocycles. The number of aliphatic hydroxyl groups is 1. The monoisotopic (exact) mass is 288 g/mol. The molecule has 0 spiro atoms.